The number of anilines is 1. The number of fused-ring (bicyclic) bond motifs is 8. The van der Waals surface area contributed by atoms with E-state index in [1.165, 1.54) is 0 Å². The molecule has 0 radical (unpaired) electrons. The molecule has 4 nitrogen and oxygen atoms in total. The third kappa shape index (κ3) is 2.24. The van der Waals surface area contributed by atoms with E-state index in [4.69, 9.17) is 23.2 Å². The Labute approximate surface area is 181 Å². The molecule has 0 spiro atoms. The molecular weight excluding hydrogens is 461 g/mol. The number of imidazole rings is 1. The van der Waals surface area contributed by atoms with Crippen LogP contribution in [-0.2, 0) is 0 Å². The van der Waals surface area contributed by atoms with Gasteiger partial charge in [0.2, 0.25) is 0 Å². The lowest BCUT2D eigenvalue weighted by Gasteiger charge is -2.36. The van der Waals surface area contributed by atoms with E-state index in [1.807, 2.05) is 42.2 Å². The van der Waals surface area contributed by atoms with Gasteiger partial charge in [0.05, 0.1) is 16.4 Å². The molecule has 5 rings (SSSR count). The highest BCUT2D eigenvalue weighted by atomic mass is 79.9. The van der Waals surface area contributed by atoms with Crippen molar-refractivity contribution in [2.75, 3.05) is 4.90 Å². The average Bonchev–Trinajstić information content (AvgIpc) is 3.11. The maximum Gasteiger partial charge on any atom is 0.279 e. The van der Waals surface area contributed by atoms with Gasteiger partial charge in [0.25, 0.3) is 5.91 Å². The fraction of sp³-hybridized carbons (Fsp3) is 0.238. The molecule has 3 heterocycles. The first-order valence-corrected chi connectivity index (χ1v) is 10.6. The van der Waals surface area contributed by atoms with Crippen molar-refractivity contribution in [1.82, 2.24) is 9.55 Å². The van der Waals surface area contributed by atoms with Crippen molar-refractivity contribution in [2.24, 2.45) is 0 Å². The summed E-state index contributed by atoms with van der Waals surface area (Å²) in [6.45, 7) is 6.17. The van der Waals surface area contributed by atoms with Crippen LogP contribution in [0.3, 0.4) is 0 Å². The first-order valence-electron chi connectivity index (χ1n) is 9.01. The Hall–Kier alpha value is -1.82. The predicted molar refractivity (Wildman–Crippen MR) is 116 cm³/mol. The number of benzene rings is 2. The summed E-state index contributed by atoms with van der Waals surface area (Å²) >= 11 is 16.5. The van der Waals surface area contributed by atoms with Crippen LogP contribution in [0.15, 0.2) is 35.1 Å². The summed E-state index contributed by atoms with van der Waals surface area (Å²) in [4.78, 5) is 19.9. The maximum absolute atomic E-state index is 13.5. The molecule has 2 aliphatic rings. The van der Waals surface area contributed by atoms with Gasteiger partial charge in [-0.1, -0.05) is 35.3 Å². The fourth-order valence-electron chi connectivity index (χ4n) is 4.42. The van der Waals surface area contributed by atoms with Crippen LogP contribution in [-0.4, -0.2) is 15.5 Å². The number of aryl methyl sites for hydroxylation is 1. The molecule has 3 aromatic rings. The minimum atomic E-state index is -0.263. The number of rotatable bonds is 1. The van der Waals surface area contributed by atoms with Crippen LogP contribution in [0, 0.1) is 6.92 Å². The molecule has 7 heteroatoms. The summed E-state index contributed by atoms with van der Waals surface area (Å²) in [5, 5.41) is 1.24. The Morgan fingerprint density at radius 3 is 2.64 bits per heavy atom. The molecule has 0 N–H and O–H groups in total. The zero-order chi connectivity index (χ0) is 19.9. The number of aromatic nitrogens is 2. The van der Waals surface area contributed by atoms with Gasteiger partial charge in [0.15, 0.2) is 10.4 Å². The zero-order valence-corrected chi connectivity index (χ0v) is 18.5. The molecule has 142 valence electrons. The minimum Gasteiger partial charge on any atom is -0.317 e. The summed E-state index contributed by atoms with van der Waals surface area (Å²) in [5.41, 5.74) is 6.03. The molecule has 1 unspecified atom stereocenters. The fourth-order valence-corrected chi connectivity index (χ4v) is 5.62. The molecule has 0 saturated carbocycles. The first kappa shape index (κ1) is 18.2. The highest BCUT2D eigenvalue weighted by Crippen LogP contribution is 2.55. The molecule has 28 heavy (non-hydrogen) atoms. The lowest BCUT2D eigenvalue weighted by atomic mass is 9.86. The van der Waals surface area contributed by atoms with E-state index < -0.39 is 0 Å². The quantitative estimate of drug-likeness (QED) is 0.398. The highest BCUT2D eigenvalue weighted by Gasteiger charge is 2.48. The van der Waals surface area contributed by atoms with Gasteiger partial charge in [-0.2, -0.15) is 0 Å². The average molecular weight is 477 g/mol. The van der Waals surface area contributed by atoms with Crippen LogP contribution in [0.5, 0.6) is 0 Å². The zero-order valence-electron chi connectivity index (χ0n) is 15.4. The molecule has 0 saturated heterocycles. The van der Waals surface area contributed by atoms with E-state index >= 15 is 0 Å². The number of carbonyl (C=O) groups excluding carboxylic acids is 1. The summed E-state index contributed by atoms with van der Waals surface area (Å²) in [7, 11) is 0. The SMILES string of the molecule is Cc1ccc(Cl)c2c1N1C(=O)c3nc(Br)n(C(C)C)c3C1c1ccc(Cl)cc1-2. The van der Waals surface area contributed by atoms with E-state index in [0.717, 1.165) is 33.6 Å². The Bertz CT molecular complexity index is 1180. The van der Waals surface area contributed by atoms with E-state index in [-0.39, 0.29) is 18.0 Å². The highest BCUT2D eigenvalue weighted by molar-refractivity contribution is 9.10. The number of nitrogens with zero attached hydrogens (tertiary/aromatic N) is 3. The van der Waals surface area contributed by atoms with Crippen LogP contribution in [0.2, 0.25) is 10.0 Å². The van der Waals surface area contributed by atoms with Crippen LogP contribution >= 0.6 is 39.1 Å². The molecule has 0 aliphatic carbocycles. The lowest BCUT2D eigenvalue weighted by molar-refractivity contribution is 0.0989. The molecule has 1 atom stereocenters. The Morgan fingerprint density at radius 2 is 1.93 bits per heavy atom. The van der Waals surface area contributed by atoms with Crippen molar-refractivity contribution in [3.8, 4) is 11.1 Å². The largest absolute Gasteiger partial charge is 0.317 e. The van der Waals surface area contributed by atoms with Crippen molar-refractivity contribution in [1.29, 1.82) is 0 Å². The summed E-state index contributed by atoms with van der Waals surface area (Å²) in [5.74, 6) is -0.104. The summed E-state index contributed by atoms with van der Waals surface area (Å²) in [6, 6.07) is 9.50. The third-order valence-electron chi connectivity index (χ3n) is 5.51. The van der Waals surface area contributed by atoms with Gasteiger partial charge in [0, 0.05) is 16.6 Å². The van der Waals surface area contributed by atoms with Crippen molar-refractivity contribution >= 4 is 50.7 Å². The molecule has 0 fully saturated rings. The monoisotopic (exact) mass is 475 g/mol. The van der Waals surface area contributed by atoms with E-state index in [0.29, 0.717) is 20.5 Å². The smallest absolute Gasteiger partial charge is 0.279 e. The lowest BCUT2D eigenvalue weighted by Crippen LogP contribution is -2.34. The van der Waals surface area contributed by atoms with Gasteiger partial charge in [-0.3, -0.25) is 9.69 Å². The van der Waals surface area contributed by atoms with Crippen LogP contribution < -0.4 is 4.90 Å². The Morgan fingerprint density at radius 1 is 1.18 bits per heavy atom. The number of hydrogen-bond acceptors (Lipinski definition) is 2. The molecule has 2 aromatic carbocycles. The number of amides is 1. The second-order valence-corrected chi connectivity index (χ2v) is 9.03. The van der Waals surface area contributed by atoms with Crippen molar-refractivity contribution in [3.05, 3.63) is 67.6 Å². The van der Waals surface area contributed by atoms with Gasteiger partial charge in [-0.15, -0.1) is 0 Å². The summed E-state index contributed by atoms with van der Waals surface area (Å²) in [6.07, 6.45) is 0. The standard InChI is InChI=1S/C21H16BrCl2N3O/c1-9(2)26-19-16(25-21(26)22)20(28)27-17-10(3)4-7-14(24)15(17)13-8-11(23)5-6-12(13)18(19)27/h4-9,18H,1-3H3. The van der Waals surface area contributed by atoms with E-state index in [9.17, 15) is 4.79 Å². The molecule has 1 amide bonds. The predicted octanol–water partition coefficient (Wildman–Crippen LogP) is 6.57. The minimum absolute atomic E-state index is 0.104. The van der Waals surface area contributed by atoms with Gasteiger partial charge in [-0.25, -0.2) is 4.98 Å². The Balaban J connectivity index is 1.92. The number of carbonyl (C=O) groups is 1. The molecule has 0 bridgehead atoms. The maximum atomic E-state index is 13.5. The van der Waals surface area contributed by atoms with Crippen molar-refractivity contribution in [2.45, 2.75) is 32.9 Å². The molecule has 2 aliphatic heterocycles. The number of hydrogen-bond donors (Lipinski definition) is 0. The molecular formula is C21H16BrCl2N3O. The van der Waals surface area contributed by atoms with Crippen LogP contribution in [0.1, 0.15) is 53.2 Å². The van der Waals surface area contributed by atoms with Crippen LogP contribution in [0.25, 0.3) is 11.1 Å². The topological polar surface area (TPSA) is 38.1 Å². The molecule has 1 aromatic heterocycles. The van der Waals surface area contributed by atoms with Crippen molar-refractivity contribution in [3.63, 3.8) is 0 Å². The second kappa shape index (κ2) is 6.09. The first-order chi connectivity index (χ1) is 13.3. The number of halogens is 3. The van der Waals surface area contributed by atoms with Crippen molar-refractivity contribution < 1.29 is 4.79 Å². The van der Waals surface area contributed by atoms with Crippen LogP contribution in [0.4, 0.5) is 5.69 Å². The van der Waals surface area contributed by atoms with Gasteiger partial charge >= 0.3 is 0 Å². The normalized spacial score (nSPS) is 16.9. The summed E-state index contributed by atoms with van der Waals surface area (Å²) < 4.78 is 2.76. The third-order valence-corrected chi connectivity index (χ3v) is 6.62. The van der Waals surface area contributed by atoms with Gasteiger partial charge < -0.3 is 4.57 Å². The van der Waals surface area contributed by atoms with E-state index in [2.05, 4.69) is 39.3 Å². The van der Waals surface area contributed by atoms with Gasteiger partial charge in [0.1, 0.15) is 6.04 Å². The van der Waals surface area contributed by atoms with E-state index in [1.54, 1.807) is 0 Å². The Kier molecular flexibility index (Phi) is 3.96. The van der Waals surface area contributed by atoms with Gasteiger partial charge in [-0.05, 0) is 71.6 Å². The second-order valence-electron chi connectivity index (χ2n) is 7.48.